The Bertz CT molecular complexity index is 484. The van der Waals surface area contributed by atoms with Gasteiger partial charge in [0.2, 0.25) is 0 Å². The number of carbonyl (C=O) groups is 1. The van der Waals surface area contributed by atoms with Gasteiger partial charge in [0.25, 0.3) is 0 Å². The van der Waals surface area contributed by atoms with E-state index in [-0.39, 0.29) is 17.3 Å². The summed E-state index contributed by atoms with van der Waals surface area (Å²) in [5, 5.41) is 8.68. The Labute approximate surface area is 116 Å². The standard InChI is InChI=1S/C12H13F3O4S/c1-8(11(16)17)6-20(18)7-9-2-4-10(5-3-9)19-12(13,14)15/h2-5,8H,6-7H2,1H3,(H,16,17). The second kappa shape index (κ2) is 6.74. The summed E-state index contributed by atoms with van der Waals surface area (Å²) in [4.78, 5) is 10.6. The average molecular weight is 310 g/mol. The van der Waals surface area contributed by atoms with Crippen LogP contribution in [0.2, 0.25) is 0 Å². The minimum Gasteiger partial charge on any atom is -0.481 e. The fourth-order valence-electron chi connectivity index (χ4n) is 1.38. The van der Waals surface area contributed by atoms with Crippen LogP contribution in [0.25, 0.3) is 0 Å². The Kier molecular flexibility index (Phi) is 5.55. The first-order valence-corrected chi connectivity index (χ1v) is 7.08. The first-order chi connectivity index (χ1) is 9.17. The highest BCUT2D eigenvalue weighted by Gasteiger charge is 2.30. The number of benzene rings is 1. The van der Waals surface area contributed by atoms with Crippen LogP contribution in [0.3, 0.4) is 0 Å². The summed E-state index contributed by atoms with van der Waals surface area (Å²) in [7, 11) is -1.39. The van der Waals surface area contributed by atoms with Crippen LogP contribution in [-0.4, -0.2) is 27.4 Å². The van der Waals surface area contributed by atoms with Crippen molar-refractivity contribution in [3.8, 4) is 5.75 Å². The van der Waals surface area contributed by atoms with Crippen LogP contribution in [0.1, 0.15) is 12.5 Å². The predicted molar refractivity (Wildman–Crippen MR) is 66.6 cm³/mol. The number of aliphatic carboxylic acids is 1. The molecule has 0 saturated carbocycles. The lowest BCUT2D eigenvalue weighted by Crippen LogP contribution is -2.18. The average Bonchev–Trinajstić information content (AvgIpc) is 2.29. The summed E-state index contributed by atoms with van der Waals surface area (Å²) in [6, 6.07) is 4.98. The number of carboxylic acid groups (broad SMARTS) is 1. The predicted octanol–water partition coefficient (Wildman–Crippen LogP) is 2.55. The van der Waals surface area contributed by atoms with E-state index in [2.05, 4.69) is 4.74 Å². The van der Waals surface area contributed by atoms with Gasteiger partial charge in [-0.3, -0.25) is 9.00 Å². The number of halogens is 3. The molecule has 0 aliphatic heterocycles. The van der Waals surface area contributed by atoms with Gasteiger partial charge in [-0.05, 0) is 17.7 Å². The molecule has 2 atom stereocenters. The van der Waals surface area contributed by atoms with Gasteiger partial charge in [0, 0.05) is 22.3 Å². The van der Waals surface area contributed by atoms with E-state index in [1.807, 2.05) is 0 Å². The highest BCUT2D eigenvalue weighted by molar-refractivity contribution is 7.84. The number of hydrogen-bond acceptors (Lipinski definition) is 3. The van der Waals surface area contributed by atoms with Crippen molar-refractivity contribution in [3.05, 3.63) is 29.8 Å². The third kappa shape index (κ3) is 6.05. The van der Waals surface area contributed by atoms with E-state index in [0.717, 1.165) is 12.1 Å². The van der Waals surface area contributed by atoms with E-state index in [1.54, 1.807) is 0 Å². The first kappa shape index (κ1) is 16.5. The second-order valence-corrected chi connectivity index (χ2v) is 5.68. The highest BCUT2D eigenvalue weighted by Crippen LogP contribution is 2.23. The molecular formula is C12H13F3O4S. The lowest BCUT2D eigenvalue weighted by Gasteiger charge is -2.09. The molecule has 1 aromatic rings. The van der Waals surface area contributed by atoms with Crippen LogP contribution in [0.15, 0.2) is 24.3 Å². The van der Waals surface area contributed by atoms with E-state index in [1.165, 1.54) is 19.1 Å². The van der Waals surface area contributed by atoms with E-state index in [9.17, 15) is 22.2 Å². The number of hydrogen-bond donors (Lipinski definition) is 1. The largest absolute Gasteiger partial charge is 0.573 e. The molecule has 0 spiro atoms. The zero-order chi connectivity index (χ0) is 15.3. The third-order valence-electron chi connectivity index (χ3n) is 2.34. The van der Waals surface area contributed by atoms with Crippen LogP contribution in [-0.2, 0) is 21.3 Å². The molecule has 2 unspecified atom stereocenters. The first-order valence-electron chi connectivity index (χ1n) is 5.60. The Balaban J connectivity index is 2.57. The zero-order valence-electron chi connectivity index (χ0n) is 10.5. The van der Waals surface area contributed by atoms with Gasteiger partial charge >= 0.3 is 12.3 Å². The molecule has 0 saturated heterocycles. The van der Waals surface area contributed by atoms with Crippen molar-refractivity contribution >= 4 is 16.8 Å². The summed E-state index contributed by atoms with van der Waals surface area (Å²) in [6.07, 6.45) is -4.75. The molecule has 112 valence electrons. The van der Waals surface area contributed by atoms with Gasteiger partial charge in [-0.2, -0.15) is 0 Å². The molecule has 0 aromatic heterocycles. The summed E-state index contributed by atoms with van der Waals surface area (Å²) in [5.74, 6) is -2.04. The van der Waals surface area contributed by atoms with Crippen molar-refractivity contribution in [1.82, 2.24) is 0 Å². The van der Waals surface area contributed by atoms with Crippen molar-refractivity contribution in [2.24, 2.45) is 5.92 Å². The minimum atomic E-state index is -4.75. The van der Waals surface area contributed by atoms with Crippen LogP contribution >= 0.6 is 0 Å². The van der Waals surface area contributed by atoms with Crippen molar-refractivity contribution in [2.45, 2.75) is 19.0 Å². The maximum Gasteiger partial charge on any atom is 0.573 e. The molecule has 0 heterocycles. The molecule has 0 radical (unpaired) electrons. The molecule has 4 nitrogen and oxygen atoms in total. The molecule has 8 heteroatoms. The molecule has 1 aromatic carbocycles. The minimum absolute atomic E-state index is 0.00383. The van der Waals surface area contributed by atoms with Gasteiger partial charge in [-0.1, -0.05) is 19.1 Å². The fraction of sp³-hybridized carbons (Fsp3) is 0.417. The van der Waals surface area contributed by atoms with Crippen LogP contribution in [0.5, 0.6) is 5.75 Å². The zero-order valence-corrected chi connectivity index (χ0v) is 11.3. The number of carboxylic acids is 1. The van der Waals surface area contributed by atoms with Gasteiger partial charge in [0.05, 0.1) is 5.92 Å². The van der Waals surface area contributed by atoms with Crippen molar-refractivity contribution in [3.63, 3.8) is 0 Å². The molecule has 0 fully saturated rings. The number of alkyl halides is 3. The van der Waals surface area contributed by atoms with Gasteiger partial charge in [-0.25, -0.2) is 0 Å². The topological polar surface area (TPSA) is 63.6 Å². The van der Waals surface area contributed by atoms with Crippen molar-refractivity contribution in [2.75, 3.05) is 5.75 Å². The summed E-state index contributed by atoms with van der Waals surface area (Å²) in [5.41, 5.74) is 0.551. The SMILES string of the molecule is CC(CS(=O)Cc1ccc(OC(F)(F)F)cc1)C(=O)O. The third-order valence-corrected chi connectivity index (χ3v) is 3.87. The fourth-order valence-corrected chi connectivity index (χ4v) is 2.76. The Morgan fingerprint density at radius 3 is 2.35 bits per heavy atom. The normalized spacial score (nSPS) is 14.6. The Morgan fingerprint density at radius 2 is 1.90 bits per heavy atom. The smallest absolute Gasteiger partial charge is 0.481 e. The van der Waals surface area contributed by atoms with E-state index in [4.69, 9.17) is 5.11 Å². The maximum absolute atomic E-state index is 11.9. The molecule has 0 amide bonds. The molecule has 1 N–H and O–H groups in total. The lowest BCUT2D eigenvalue weighted by atomic mass is 10.2. The number of ether oxygens (including phenoxy) is 1. The van der Waals surface area contributed by atoms with Gasteiger partial charge in [-0.15, -0.1) is 13.2 Å². The van der Waals surface area contributed by atoms with Gasteiger partial charge in [0.1, 0.15) is 5.75 Å². The molecule has 0 bridgehead atoms. The van der Waals surface area contributed by atoms with Crippen LogP contribution in [0.4, 0.5) is 13.2 Å². The van der Waals surface area contributed by atoms with Crippen LogP contribution in [0, 0.1) is 5.92 Å². The van der Waals surface area contributed by atoms with Crippen molar-refractivity contribution < 1.29 is 32.0 Å². The van der Waals surface area contributed by atoms with Crippen molar-refractivity contribution in [1.29, 1.82) is 0 Å². The highest BCUT2D eigenvalue weighted by atomic mass is 32.2. The summed E-state index contributed by atoms with van der Waals surface area (Å²) >= 11 is 0. The molecule has 1 rings (SSSR count). The van der Waals surface area contributed by atoms with E-state index < -0.39 is 29.0 Å². The monoisotopic (exact) mass is 310 g/mol. The lowest BCUT2D eigenvalue weighted by molar-refractivity contribution is -0.274. The van der Waals surface area contributed by atoms with Crippen LogP contribution < -0.4 is 4.74 Å². The molecule has 0 aliphatic carbocycles. The quantitative estimate of drug-likeness (QED) is 0.877. The Morgan fingerprint density at radius 1 is 1.35 bits per heavy atom. The van der Waals surface area contributed by atoms with E-state index >= 15 is 0 Å². The Hall–Kier alpha value is -1.57. The van der Waals surface area contributed by atoms with Gasteiger partial charge in [0.15, 0.2) is 0 Å². The number of rotatable bonds is 6. The summed E-state index contributed by atoms with van der Waals surface area (Å²) < 4.78 is 51.2. The van der Waals surface area contributed by atoms with Gasteiger partial charge < -0.3 is 9.84 Å². The molecule has 20 heavy (non-hydrogen) atoms. The molecule has 0 aliphatic rings. The van der Waals surface area contributed by atoms with E-state index in [0.29, 0.717) is 5.56 Å². The second-order valence-electron chi connectivity index (χ2n) is 4.18. The molecular weight excluding hydrogens is 297 g/mol. The maximum atomic E-state index is 11.9. The summed E-state index contributed by atoms with van der Waals surface area (Å²) in [6.45, 7) is 1.44.